The summed E-state index contributed by atoms with van der Waals surface area (Å²) >= 11 is 7.97. The van der Waals surface area contributed by atoms with Crippen molar-refractivity contribution in [2.45, 2.75) is 0 Å². The zero-order chi connectivity index (χ0) is 12.7. The molecule has 0 fully saturated rings. The Hall–Kier alpha value is -1.21. The van der Waals surface area contributed by atoms with Crippen molar-refractivity contribution in [2.75, 3.05) is 0 Å². The minimum atomic E-state index is -0.496. The number of hydrogen-bond acceptors (Lipinski definition) is 2. The lowest BCUT2D eigenvalue weighted by Gasteiger charge is -2.05. The molecule has 3 nitrogen and oxygen atoms in total. The number of fused-ring (bicyclic) bond motifs is 1. The van der Waals surface area contributed by atoms with Gasteiger partial charge in [-0.1, -0.05) is 17.7 Å². The molecule has 2 aromatic heterocycles. The SMILES string of the molecule is Fc1c(Cl)cccc1-n1ncc2c(I)ccnc21. The summed E-state index contributed by atoms with van der Waals surface area (Å²) < 4.78 is 16.4. The third-order valence-corrected chi connectivity index (χ3v) is 3.81. The predicted octanol–water partition coefficient (Wildman–Crippen LogP) is 3.82. The lowest BCUT2D eigenvalue weighted by atomic mass is 10.3. The molecule has 0 spiro atoms. The van der Waals surface area contributed by atoms with Gasteiger partial charge in [-0.3, -0.25) is 0 Å². The van der Waals surface area contributed by atoms with E-state index in [0.717, 1.165) is 8.96 Å². The highest BCUT2D eigenvalue weighted by Crippen LogP contribution is 2.25. The van der Waals surface area contributed by atoms with E-state index in [-0.39, 0.29) is 5.02 Å². The molecule has 18 heavy (non-hydrogen) atoms. The van der Waals surface area contributed by atoms with E-state index in [1.807, 2.05) is 6.07 Å². The van der Waals surface area contributed by atoms with Crippen LogP contribution in [0.3, 0.4) is 0 Å². The van der Waals surface area contributed by atoms with Crippen LogP contribution in [0.15, 0.2) is 36.7 Å². The molecule has 0 saturated heterocycles. The van der Waals surface area contributed by atoms with Crippen molar-refractivity contribution in [1.29, 1.82) is 0 Å². The molecule has 6 heteroatoms. The molecule has 0 aliphatic heterocycles. The molecule has 0 radical (unpaired) electrons. The second kappa shape index (κ2) is 4.47. The van der Waals surface area contributed by atoms with Crippen molar-refractivity contribution < 1.29 is 4.39 Å². The first kappa shape index (κ1) is 11.9. The topological polar surface area (TPSA) is 30.7 Å². The fourth-order valence-corrected chi connectivity index (χ4v) is 2.44. The van der Waals surface area contributed by atoms with Crippen molar-refractivity contribution in [3.05, 3.63) is 51.1 Å². The van der Waals surface area contributed by atoms with E-state index in [9.17, 15) is 4.39 Å². The zero-order valence-corrected chi connectivity index (χ0v) is 11.9. The maximum absolute atomic E-state index is 14.0. The molecule has 0 unspecified atom stereocenters. The Morgan fingerprint density at radius 2 is 2.11 bits per heavy atom. The summed E-state index contributed by atoms with van der Waals surface area (Å²) in [6.45, 7) is 0. The highest BCUT2D eigenvalue weighted by molar-refractivity contribution is 14.1. The van der Waals surface area contributed by atoms with Crippen LogP contribution in [0.5, 0.6) is 0 Å². The van der Waals surface area contributed by atoms with Crippen molar-refractivity contribution in [1.82, 2.24) is 14.8 Å². The van der Waals surface area contributed by atoms with Gasteiger partial charge in [0.1, 0.15) is 5.69 Å². The molecule has 0 aliphatic rings. The molecule has 0 amide bonds. The minimum absolute atomic E-state index is 0.0711. The van der Waals surface area contributed by atoms with Gasteiger partial charge >= 0.3 is 0 Å². The smallest absolute Gasteiger partial charge is 0.167 e. The first-order valence-corrected chi connectivity index (χ1v) is 6.57. The number of pyridine rings is 1. The Balaban J connectivity index is 2.33. The molecule has 0 aliphatic carbocycles. The van der Waals surface area contributed by atoms with Crippen LogP contribution in [0.4, 0.5) is 4.39 Å². The van der Waals surface area contributed by atoms with Gasteiger partial charge in [0, 0.05) is 9.77 Å². The van der Waals surface area contributed by atoms with Crippen LogP contribution >= 0.6 is 34.2 Å². The molecule has 3 rings (SSSR count). The molecular weight excluding hydrogens is 368 g/mol. The van der Waals surface area contributed by atoms with Crippen LogP contribution in [0.1, 0.15) is 0 Å². The molecule has 0 saturated carbocycles. The van der Waals surface area contributed by atoms with Crippen LogP contribution in [0, 0.1) is 9.39 Å². The van der Waals surface area contributed by atoms with Crippen LogP contribution in [0.25, 0.3) is 16.7 Å². The third-order valence-electron chi connectivity index (χ3n) is 2.58. The molecule has 1 aromatic carbocycles. The summed E-state index contributed by atoms with van der Waals surface area (Å²) in [5.74, 6) is -0.496. The quantitative estimate of drug-likeness (QED) is 0.607. The second-order valence-corrected chi connectivity index (χ2v) is 5.23. The summed E-state index contributed by atoms with van der Waals surface area (Å²) in [6.07, 6.45) is 3.34. The normalized spacial score (nSPS) is 11.1. The van der Waals surface area contributed by atoms with Gasteiger partial charge in [0.25, 0.3) is 0 Å². The largest absolute Gasteiger partial charge is 0.236 e. The van der Waals surface area contributed by atoms with Gasteiger partial charge in [-0.05, 0) is 40.8 Å². The summed E-state index contributed by atoms with van der Waals surface area (Å²) in [5, 5.41) is 5.14. The van der Waals surface area contributed by atoms with Crippen LogP contribution < -0.4 is 0 Å². The van der Waals surface area contributed by atoms with E-state index >= 15 is 0 Å². The first-order chi connectivity index (χ1) is 8.68. The van der Waals surface area contributed by atoms with Gasteiger partial charge in [0.05, 0.1) is 16.6 Å². The Kier molecular flexibility index (Phi) is 2.95. The van der Waals surface area contributed by atoms with Gasteiger partial charge in [0.2, 0.25) is 0 Å². The summed E-state index contributed by atoms with van der Waals surface area (Å²) in [5.41, 5.74) is 0.912. The van der Waals surface area contributed by atoms with Crippen LogP contribution in [0.2, 0.25) is 5.02 Å². The molecule has 3 aromatic rings. The summed E-state index contributed by atoms with van der Waals surface area (Å²) in [4.78, 5) is 4.24. The van der Waals surface area contributed by atoms with Gasteiger partial charge in [-0.25, -0.2) is 14.1 Å². The molecule has 2 heterocycles. The fourth-order valence-electron chi connectivity index (χ4n) is 1.73. The molecule has 0 atom stereocenters. The molecule has 90 valence electrons. The lowest BCUT2D eigenvalue weighted by molar-refractivity contribution is 0.613. The van der Waals surface area contributed by atoms with Gasteiger partial charge in [-0.2, -0.15) is 5.10 Å². The van der Waals surface area contributed by atoms with E-state index in [1.54, 1.807) is 24.5 Å². The Bertz CT molecular complexity index is 741. The van der Waals surface area contributed by atoms with Crippen molar-refractivity contribution in [3.63, 3.8) is 0 Å². The maximum Gasteiger partial charge on any atom is 0.167 e. The van der Waals surface area contributed by atoms with E-state index in [0.29, 0.717) is 11.3 Å². The highest BCUT2D eigenvalue weighted by atomic mass is 127. The van der Waals surface area contributed by atoms with E-state index in [4.69, 9.17) is 11.6 Å². The van der Waals surface area contributed by atoms with Gasteiger partial charge in [-0.15, -0.1) is 0 Å². The van der Waals surface area contributed by atoms with E-state index in [1.165, 1.54) is 10.7 Å². The number of benzene rings is 1. The number of halogens is 3. The first-order valence-electron chi connectivity index (χ1n) is 5.11. The Labute approximate surface area is 121 Å². The number of nitrogens with zero attached hydrogens (tertiary/aromatic N) is 3. The van der Waals surface area contributed by atoms with Gasteiger partial charge in [0.15, 0.2) is 11.5 Å². The third kappa shape index (κ3) is 1.78. The summed E-state index contributed by atoms with van der Waals surface area (Å²) in [6, 6.07) is 6.68. The zero-order valence-electron chi connectivity index (χ0n) is 8.94. The molecular formula is C12H6ClFIN3. The lowest BCUT2D eigenvalue weighted by Crippen LogP contribution is -2.01. The fraction of sp³-hybridized carbons (Fsp3) is 0. The highest BCUT2D eigenvalue weighted by Gasteiger charge is 2.13. The number of hydrogen-bond donors (Lipinski definition) is 0. The average molecular weight is 374 g/mol. The molecule has 0 N–H and O–H groups in total. The van der Waals surface area contributed by atoms with Crippen LogP contribution in [-0.2, 0) is 0 Å². The van der Waals surface area contributed by atoms with Crippen molar-refractivity contribution >= 4 is 45.2 Å². The van der Waals surface area contributed by atoms with Gasteiger partial charge < -0.3 is 0 Å². The summed E-state index contributed by atoms with van der Waals surface area (Å²) in [7, 11) is 0. The monoisotopic (exact) mass is 373 g/mol. The Morgan fingerprint density at radius 3 is 2.94 bits per heavy atom. The average Bonchev–Trinajstić information content (AvgIpc) is 2.78. The minimum Gasteiger partial charge on any atom is -0.236 e. The standard InChI is InChI=1S/C12H6ClFIN3/c13-8-2-1-3-10(11(8)14)18-12-7(6-17-18)9(15)4-5-16-12/h1-6H. The predicted molar refractivity (Wildman–Crippen MR) is 76.6 cm³/mol. The van der Waals surface area contributed by atoms with E-state index < -0.39 is 5.82 Å². The second-order valence-electron chi connectivity index (χ2n) is 3.66. The maximum atomic E-state index is 14.0. The number of rotatable bonds is 1. The van der Waals surface area contributed by atoms with E-state index in [2.05, 4.69) is 32.7 Å². The molecule has 0 bridgehead atoms. The van der Waals surface area contributed by atoms with Crippen molar-refractivity contribution in [2.24, 2.45) is 0 Å². The van der Waals surface area contributed by atoms with Crippen LogP contribution in [-0.4, -0.2) is 14.8 Å². The Morgan fingerprint density at radius 1 is 1.28 bits per heavy atom. The van der Waals surface area contributed by atoms with Crippen molar-refractivity contribution in [3.8, 4) is 5.69 Å². The number of aromatic nitrogens is 3.